The van der Waals surface area contributed by atoms with Crippen molar-refractivity contribution in [3.8, 4) is 22.8 Å². The van der Waals surface area contributed by atoms with Crippen LogP contribution in [0, 0.1) is 6.07 Å². The molecule has 0 spiro atoms. The predicted octanol–water partition coefficient (Wildman–Crippen LogP) is 2.60. The van der Waals surface area contributed by atoms with Crippen LogP contribution in [-0.2, 0) is 32.7 Å². The van der Waals surface area contributed by atoms with Gasteiger partial charge in [0.15, 0.2) is 5.69 Å². The first-order valence-corrected chi connectivity index (χ1v) is 7.33. The minimum Gasteiger partial charge on any atom is -0.514 e. The minimum absolute atomic E-state index is 0. The molecule has 0 aliphatic carbocycles. The molecule has 7 nitrogen and oxygen atoms in total. The molecule has 0 saturated carbocycles. The van der Waals surface area contributed by atoms with Crippen molar-refractivity contribution in [3.63, 3.8) is 0 Å². The fourth-order valence-corrected chi connectivity index (χ4v) is 2.51. The Kier molecular flexibility index (Phi) is 6.40. The summed E-state index contributed by atoms with van der Waals surface area (Å²) in [6, 6.07) is 10.5. The summed E-state index contributed by atoms with van der Waals surface area (Å²) < 4.78 is 5.62. The Morgan fingerprint density at radius 1 is 1.16 bits per heavy atom. The monoisotopic (exact) mass is 452 g/mol. The third-order valence-corrected chi connectivity index (χ3v) is 3.57. The number of H-pyrrole nitrogens is 2. The smallest absolute Gasteiger partial charge is 0.342 e. The summed E-state index contributed by atoms with van der Waals surface area (Å²) in [6.07, 6.45) is 0. The van der Waals surface area contributed by atoms with Crippen molar-refractivity contribution in [2.45, 2.75) is 0 Å². The number of hydrogen-bond acceptors (Lipinski definition) is 5. The number of nitrogens with one attached hydrogen (secondary N) is 2. The average Bonchev–Trinajstić information content (AvgIpc) is 2.52. The molecule has 10 heteroatoms. The van der Waals surface area contributed by atoms with Gasteiger partial charge in [-0.05, 0) is 12.1 Å². The quantitative estimate of drug-likeness (QED) is 0.417. The first-order chi connectivity index (χ1) is 11.4. The van der Waals surface area contributed by atoms with E-state index in [1.54, 1.807) is 18.2 Å². The molecular weight excluding hydrogens is 444 g/mol. The second-order valence-corrected chi connectivity index (χ2v) is 5.52. The van der Waals surface area contributed by atoms with E-state index in [0.29, 0.717) is 17.0 Å². The standard InChI is InChI=1S/C15H9Cl2N4O3.Y/c16-10-5-7(12-14(22)19-15(23)21-20-12)6-11(17)13(10)24-9-3-1-8(18)2-4-9;/h1,3-6H,18H2,(H2,19,21,22,23);/q-1;. The first kappa shape index (κ1) is 19.7. The second kappa shape index (κ2) is 8.14. The normalized spacial score (nSPS) is 10.2. The zero-order chi connectivity index (χ0) is 17.3. The second-order valence-electron chi connectivity index (χ2n) is 4.71. The van der Waals surface area contributed by atoms with E-state index >= 15 is 0 Å². The summed E-state index contributed by atoms with van der Waals surface area (Å²) in [5.74, 6) is 0.655. The van der Waals surface area contributed by atoms with E-state index in [2.05, 4.69) is 21.2 Å². The molecule has 0 amide bonds. The van der Waals surface area contributed by atoms with Crippen LogP contribution in [-0.4, -0.2) is 15.2 Å². The molecule has 1 radical (unpaired) electrons. The van der Waals surface area contributed by atoms with Crippen molar-refractivity contribution in [1.29, 1.82) is 0 Å². The van der Waals surface area contributed by atoms with Gasteiger partial charge < -0.3 is 10.5 Å². The van der Waals surface area contributed by atoms with Crippen LogP contribution >= 0.6 is 23.2 Å². The van der Waals surface area contributed by atoms with Crippen LogP contribution in [0.4, 0.5) is 5.69 Å². The van der Waals surface area contributed by atoms with Crippen molar-refractivity contribution in [1.82, 2.24) is 15.2 Å². The van der Waals surface area contributed by atoms with Crippen molar-refractivity contribution in [3.05, 3.63) is 67.3 Å². The maximum atomic E-state index is 11.8. The van der Waals surface area contributed by atoms with Gasteiger partial charge in [-0.1, -0.05) is 28.9 Å². The van der Waals surface area contributed by atoms with Crippen LogP contribution in [0.25, 0.3) is 11.3 Å². The fraction of sp³-hybridized carbons (Fsp3) is 0. The number of nitrogens with zero attached hydrogens (tertiary/aromatic N) is 1. The average molecular weight is 453 g/mol. The topological polar surface area (TPSA) is 114 Å². The van der Waals surface area contributed by atoms with E-state index < -0.39 is 11.2 Å². The Morgan fingerprint density at radius 2 is 1.84 bits per heavy atom. The number of anilines is 1. The summed E-state index contributed by atoms with van der Waals surface area (Å²) in [7, 11) is 0. The number of nitrogens with two attached hydrogens (primary N) is 1. The third kappa shape index (κ3) is 4.49. The predicted molar refractivity (Wildman–Crippen MR) is 90.7 cm³/mol. The number of aromatic amines is 2. The molecular formula is C15H9Cl2N4O3Y-. The maximum absolute atomic E-state index is 11.8. The SMILES string of the molecule is Nc1[c-]cc(Oc2c(Cl)cc(-c3n[nH]c(=O)[nH]c3=O)cc2Cl)cc1.[Y]. The molecule has 0 saturated heterocycles. The van der Waals surface area contributed by atoms with E-state index in [1.807, 2.05) is 0 Å². The van der Waals surface area contributed by atoms with Gasteiger partial charge in [-0.2, -0.15) is 11.2 Å². The van der Waals surface area contributed by atoms with Crippen molar-refractivity contribution >= 4 is 28.9 Å². The fourth-order valence-electron chi connectivity index (χ4n) is 1.94. The van der Waals surface area contributed by atoms with Gasteiger partial charge in [0.2, 0.25) is 0 Å². The van der Waals surface area contributed by atoms with Crippen LogP contribution in [0.5, 0.6) is 11.5 Å². The molecule has 4 N–H and O–H groups in total. The van der Waals surface area contributed by atoms with Gasteiger partial charge in [0, 0.05) is 44.0 Å². The van der Waals surface area contributed by atoms with Crippen molar-refractivity contribution < 1.29 is 37.4 Å². The van der Waals surface area contributed by atoms with E-state index in [-0.39, 0.29) is 54.2 Å². The van der Waals surface area contributed by atoms with Crippen LogP contribution < -0.4 is 21.7 Å². The van der Waals surface area contributed by atoms with Crippen molar-refractivity contribution in [2.24, 2.45) is 0 Å². The Morgan fingerprint density at radius 3 is 2.40 bits per heavy atom. The molecule has 3 rings (SSSR count). The summed E-state index contributed by atoms with van der Waals surface area (Å²) in [4.78, 5) is 24.9. The molecule has 125 valence electrons. The molecule has 1 aromatic heterocycles. The summed E-state index contributed by atoms with van der Waals surface area (Å²) >= 11 is 12.4. The van der Waals surface area contributed by atoms with E-state index in [0.717, 1.165) is 0 Å². The summed E-state index contributed by atoms with van der Waals surface area (Å²) in [5, 5.41) is 6.18. The van der Waals surface area contributed by atoms with Gasteiger partial charge in [-0.3, -0.25) is 9.78 Å². The molecule has 25 heavy (non-hydrogen) atoms. The maximum Gasteiger partial charge on any atom is 0.342 e. The molecule has 1 heterocycles. The molecule has 0 unspecified atom stereocenters. The van der Waals surface area contributed by atoms with Crippen LogP contribution in [0.15, 0.2) is 39.9 Å². The Labute approximate surface area is 176 Å². The number of aromatic nitrogens is 3. The Bertz CT molecular complexity index is 995. The molecule has 0 bridgehead atoms. The van der Waals surface area contributed by atoms with Gasteiger partial charge in [0.1, 0.15) is 5.75 Å². The number of hydrogen-bond donors (Lipinski definition) is 3. The van der Waals surface area contributed by atoms with E-state index in [4.69, 9.17) is 33.7 Å². The van der Waals surface area contributed by atoms with E-state index in [1.165, 1.54) is 12.1 Å². The zero-order valence-electron chi connectivity index (χ0n) is 12.5. The number of ether oxygens (including phenoxy) is 1. The number of benzene rings is 2. The van der Waals surface area contributed by atoms with Gasteiger partial charge in [-0.15, -0.1) is 18.2 Å². The summed E-state index contributed by atoms with van der Waals surface area (Å²) in [5.41, 5.74) is 4.97. The van der Waals surface area contributed by atoms with Gasteiger partial charge in [0.05, 0.1) is 10.0 Å². The summed E-state index contributed by atoms with van der Waals surface area (Å²) in [6.45, 7) is 0. The molecule has 0 aliphatic heterocycles. The molecule has 0 aliphatic rings. The molecule has 2 aromatic carbocycles. The zero-order valence-corrected chi connectivity index (χ0v) is 16.8. The van der Waals surface area contributed by atoms with Crippen molar-refractivity contribution in [2.75, 3.05) is 5.73 Å². The largest absolute Gasteiger partial charge is 0.514 e. The van der Waals surface area contributed by atoms with Gasteiger partial charge in [-0.25, -0.2) is 9.89 Å². The number of nitrogen functional groups attached to an aromatic ring is 1. The van der Waals surface area contributed by atoms with Crippen LogP contribution in [0.1, 0.15) is 0 Å². The first-order valence-electron chi connectivity index (χ1n) is 6.57. The van der Waals surface area contributed by atoms with E-state index in [9.17, 15) is 9.59 Å². The van der Waals surface area contributed by atoms with Crippen LogP contribution in [0.2, 0.25) is 10.0 Å². The third-order valence-electron chi connectivity index (χ3n) is 3.01. The van der Waals surface area contributed by atoms with Crippen LogP contribution in [0.3, 0.4) is 0 Å². The molecule has 0 fully saturated rings. The Hall–Kier alpha value is -1.67. The minimum atomic E-state index is -0.708. The van der Waals surface area contributed by atoms with Gasteiger partial charge >= 0.3 is 5.69 Å². The van der Waals surface area contributed by atoms with Gasteiger partial charge in [0.25, 0.3) is 5.56 Å². The Balaban J connectivity index is 0.00000225. The number of halogens is 2. The number of rotatable bonds is 3. The molecule has 3 aromatic rings. The molecule has 0 atom stereocenters.